The van der Waals surface area contributed by atoms with Gasteiger partial charge in [-0.05, 0) is 80.6 Å². The highest BCUT2D eigenvalue weighted by Gasteiger charge is 2.56. The Bertz CT molecular complexity index is 861. The molecule has 0 saturated heterocycles. The molecule has 7 heteroatoms. The molecule has 0 bridgehead atoms. The molecule has 3 fully saturated rings. The van der Waals surface area contributed by atoms with Gasteiger partial charge in [0.15, 0.2) is 5.78 Å². The van der Waals surface area contributed by atoms with E-state index in [0.29, 0.717) is 12.8 Å². The summed E-state index contributed by atoms with van der Waals surface area (Å²) in [7, 11) is 1.40. The van der Waals surface area contributed by atoms with Crippen LogP contribution in [0.3, 0.4) is 0 Å². The van der Waals surface area contributed by atoms with Gasteiger partial charge < -0.3 is 14.2 Å². The number of hydrogen-bond donors (Lipinski definition) is 0. The molecular formula is C27H38O7. The summed E-state index contributed by atoms with van der Waals surface area (Å²) >= 11 is 0. The number of ketones is 1. The van der Waals surface area contributed by atoms with E-state index in [4.69, 9.17) is 14.2 Å². The summed E-state index contributed by atoms with van der Waals surface area (Å²) in [6.07, 6.45) is 7.71. The molecule has 0 aliphatic heterocycles. The number of esters is 3. The zero-order chi connectivity index (χ0) is 24.6. The predicted molar refractivity (Wildman–Crippen MR) is 123 cm³/mol. The lowest BCUT2D eigenvalue weighted by molar-refractivity contribution is -0.156. The van der Waals surface area contributed by atoms with Gasteiger partial charge in [0.1, 0.15) is 12.2 Å². The summed E-state index contributed by atoms with van der Waals surface area (Å²) in [4.78, 5) is 48.7. The van der Waals surface area contributed by atoms with Gasteiger partial charge in [-0.2, -0.15) is 0 Å². The number of carbonyl (C=O) groups is 4. The van der Waals surface area contributed by atoms with Gasteiger partial charge in [-0.25, -0.2) is 0 Å². The molecule has 0 spiro atoms. The Hall–Kier alpha value is -2.18. The van der Waals surface area contributed by atoms with Gasteiger partial charge in [0.2, 0.25) is 0 Å². The Morgan fingerprint density at radius 2 is 1.74 bits per heavy atom. The zero-order valence-electron chi connectivity index (χ0n) is 20.8. The number of rotatable bonds is 6. The molecule has 34 heavy (non-hydrogen) atoms. The van der Waals surface area contributed by atoms with Gasteiger partial charge in [0, 0.05) is 32.1 Å². The van der Waals surface area contributed by atoms with Crippen molar-refractivity contribution in [2.75, 3.05) is 7.11 Å². The van der Waals surface area contributed by atoms with Gasteiger partial charge >= 0.3 is 17.9 Å². The van der Waals surface area contributed by atoms with Crippen LogP contribution in [-0.2, 0) is 33.4 Å². The number of carbonyl (C=O) groups excluding carboxylic acids is 4. The Balaban J connectivity index is 1.57. The smallest absolute Gasteiger partial charge is 0.305 e. The first-order valence-corrected chi connectivity index (χ1v) is 12.9. The van der Waals surface area contributed by atoms with Crippen molar-refractivity contribution >= 4 is 23.7 Å². The van der Waals surface area contributed by atoms with Crippen LogP contribution < -0.4 is 0 Å². The van der Waals surface area contributed by atoms with Crippen LogP contribution in [0.1, 0.15) is 72.1 Å². The number of fused-ring (bicyclic) bond motifs is 5. The minimum atomic E-state index is -0.287. The summed E-state index contributed by atoms with van der Waals surface area (Å²) in [5.41, 5.74) is 1.16. The largest absolute Gasteiger partial charge is 0.469 e. The van der Waals surface area contributed by atoms with Crippen molar-refractivity contribution in [2.24, 2.45) is 41.4 Å². The zero-order valence-corrected chi connectivity index (χ0v) is 20.8. The number of allylic oxidation sites excluding steroid dienone is 1. The summed E-state index contributed by atoms with van der Waals surface area (Å²) in [6.45, 7) is 5.03. The van der Waals surface area contributed by atoms with Crippen LogP contribution >= 0.6 is 0 Å². The van der Waals surface area contributed by atoms with E-state index in [1.54, 1.807) is 0 Å². The van der Waals surface area contributed by atoms with Crippen molar-refractivity contribution in [1.29, 1.82) is 0 Å². The van der Waals surface area contributed by atoms with Gasteiger partial charge in [0.25, 0.3) is 0 Å². The average Bonchev–Trinajstić information content (AvgIpc) is 3.22. The minimum Gasteiger partial charge on any atom is -0.469 e. The Morgan fingerprint density at radius 1 is 1.00 bits per heavy atom. The van der Waals surface area contributed by atoms with Crippen LogP contribution in [0.5, 0.6) is 0 Å². The molecule has 4 aliphatic rings. The number of methoxy groups -OCH3 is 1. The van der Waals surface area contributed by atoms with E-state index in [-0.39, 0.29) is 77.3 Å². The second-order valence-electron chi connectivity index (χ2n) is 10.9. The number of hydrogen-bond acceptors (Lipinski definition) is 7. The Kier molecular flexibility index (Phi) is 7.48. The molecule has 188 valence electrons. The monoisotopic (exact) mass is 474 g/mol. The van der Waals surface area contributed by atoms with E-state index in [0.717, 1.165) is 44.1 Å². The fraction of sp³-hybridized carbons (Fsp3) is 0.778. The molecule has 7 unspecified atom stereocenters. The molecule has 9 atom stereocenters. The summed E-state index contributed by atoms with van der Waals surface area (Å²) in [6, 6.07) is 0. The highest BCUT2D eigenvalue weighted by molar-refractivity contribution is 5.94. The van der Waals surface area contributed by atoms with Crippen molar-refractivity contribution in [3.05, 3.63) is 11.6 Å². The molecule has 0 heterocycles. The van der Waals surface area contributed by atoms with E-state index in [9.17, 15) is 19.2 Å². The third-order valence-electron chi connectivity index (χ3n) is 8.95. The Morgan fingerprint density at radius 3 is 2.41 bits per heavy atom. The molecule has 4 rings (SSSR count). The second kappa shape index (κ2) is 10.2. The fourth-order valence-electron chi connectivity index (χ4n) is 7.68. The lowest BCUT2D eigenvalue weighted by Crippen LogP contribution is -2.50. The lowest BCUT2D eigenvalue weighted by Gasteiger charge is -2.51. The van der Waals surface area contributed by atoms with E-state index in [1.165, 1.54) is 21.0 Å². The molecule has 0 aromatic heterocycles. The van der Waals surface area contributed by atoms with Crippen LogP contribution in [0.2, 0.25) is 0 Å². The van der Waals surface area contributed by atoms with Crippen molar-refractivity contribution in [2.45, 2.75) is 84.3 Å². The Labute approximate surface area is 202 Å². The van der Waals surface area contributed by atoms with Crippen LogP contribution in [0.15, 0.2) is 11.6 Å². The molecule has 4 aliphatic carbocycles. The molecular weight excluding hydrogens is 436 g/mol. The minimum absolute atomic E-state index is 0.0756. The van der Waals surface area contributed by atoms with E-state index >= 15 is 0 Å². The fourth-order valence-corrected chi connectivity index (χ4v) is 7.68. The first-order chi connectivity index (χ1) is 16.2. The van der Waals surface area contributed by atoms with Crippen molar-refractivity contribution in [3.63, 3.8) is 0 Å². The molecule has 0 radical (unpaired) electrons. The maximum atomic E-state index is 13.5. The molecule has 0 N–H and O–H groups in total. The predicted octanol–water partition coefficient (Wildman–Crippen LogP) is 4.03. The van der Waals surface area contributed by atoms with Gasteiger partial charge in [0.05, 0.1) is 7.11 Å². The lowest BCUT2D eigenvalue weighted by atomic mass is 9.56. The van der Waals surface area contributed by atoms with Crippen molar-refractivity contribution in [3.8, 4) is 0 Å². The van der Waals surface area contributed by atoms with Crippen LogP contribution in [-0.4, -0.2) is 43.0 Å². The van der Waals surface area contributed by atoms with E-state index in [2.05, 4.69) is 6.92 Å². The highest BCUT2D eigenvalue weighted by Crippen LogP contribution is 2.58. The van der Waals surface area contributed by atoms with Gasteiger partial charge in [-0.3, -0.25) is 19.2 Å². The number of ether oxygens (including phenoxy) is 3. The maximum absolute atomic E-state index is 13.5. The molecule has 0 amide bonds. The standard InChI is InChI=1S/C27H38O7/c1-14(5-10-25(31)32-4)19-8-9-21-26(19)23(30)13-22-20-7-6-18(33-15(2)28)11-17(20)12-24(27(21)22)34-16(3)29/h13-14,17-21,24,26-27H,5-12H2,1-4H3/t14?,17?,18-,19?,20?,21?,24-,26?,27?/m0/s1. The topological polar surface area (TPSA) is 96.0 Å². The first kappa shape index (κ1) is 24.9. The molecule has 0 aromatic rings. The quantitative estimate of drug-likeness (QED) is 0.424. The first-order valence-electron chi connectivity index (χ1n) is 12.9. The third kappa shape index (κ3) is 4.94. The summed E-state index contributed by atoms with van der Waals surface area (Å²) in [5, 5.41) is 0. The normalized spacial score (nSPS) is 37.4. The van der Waals surface area contributed by atoms with Crippen LogP contribution in [0.4, 0.5) is 0 Å². The SMILES string of the molecule is COC(=O)CCC(C)C1CCC2C1C(=O)C=C1C3CC[C@H](OC(C)=O)CC3C[C@H](OC(C)=O)C12. The highest BCUT2D eigenvalue weighted by atomic mass is 16.5. The van der Waals surface area contributed by atoms with E-state index in [1.807, 2.05) is 6.08 Å². The van der Waals surface area contributed by atoms with E-state index < -0.39 is 0 Å². The van der Waals surface area contributed by atoms with Gasteiger partial charge in [-0.15, -0.1) is 0 Å². The summed E-state index contributed by atoms with van der Waals surface area (Å²) in [5.74, 6) is 0.621. The van der Waals surface area contributed by atoms with Crippen molar-refractivity contribution in [1.82, 2.24) is 0 Å². The molecule has 7 nitrogen and oxygen atoms in total. The van der Waals surface area contributed by atoms with Crippen LogP contribution in [0.25, 0.3) is 0 Å². The second-order valence-corrected chi connectivity index (χ2v) is 10.9. The van der Waals surface area contributed by atoms with Crippen LogP contribution in [0, 0.1) is 41.4 Å². The van der Waals surface area contributed by atoms with Crippen molar-refractivity contribution < 1.29 is 33.4 Å². The van der Waals surface area contributed by atoms with Gasteiger partial charge in [-0.1, -0.05) is 12.5 Å². The third-order valence-corrected chi connectivity index (χ3v) is 8.95. The average molecular weight is 475 g/mol. The molecule has 3 saturated carbocycles. The summed E-state index contributed by atoms with van der Waals surface area (Å²) < 4.78 is 16.2. The molecule has 0 aromatic carbocycles. The maximum Gasteiger partial charge on any atom is 0.305 e.